The molecule has 3 heteroatoms. The molecule has 1 aliphatic carbocycles. The van der Waals surface area contributed by atoms with E-state index in [0.29, 0.717) is 6.61 Å². The average molecular weight is 190 g/mol. The van der Waals surface area contributed by atoms with Crippen LogP contribution in [0.1, 0.15) is 19.3 Å². The Morgan fingerprint density at radius 1 is 1.00 bits per heavy atom. The summed E-state index contributed by atoms with van der Waals surface area (Å²) in [5.74, 6) is 1.77. The van der Waals surface area contributed by atoms with Gasteiger partial charge >= 0.3 is 0 Å². The first-order valence-electron chi connectivity index (χ1n) is 4.70. The van der Waals surface area contributed by atoms with Gasteiger partial charge in [-0.3, -0.25) is 0 Å². The predicted molar refractivity (Wildman–Crippen MR) is 52.8 cm³/mol. The van der Waals surface area contributed by atoms with E-state index in [0.717, 1.165) is 31.5 Å². The van der Waals surface area contributed by atoms with Gasteiger partial charge in [-0.25, -0.2) is 0 Å². The van der Waals surface area contributed by atoms with E-state index in [1.807, 2.05) is 0 Å². The molecule has 0 unspecified atom stereocenters. The molecule has 0 aromatic rings. The maximum Gasteiger partial charge on any atom is 0.0700 e. The molecule has 0 spiro atoms. The molecule has 1 saturated carbocycles. The van der Waals surface area contributed by atoms with Crippen LogP contribution in [0.4, 0.5) is 0 Å². The van der Waals surface area contributed by atoms with Crippen molar-refractivity contribution in [3.05, 3.63) is 0 Å². The lowest BCUT2D eigenvalue weighted by atomic mass is 10.3. The van der Waals surface area contributed by atoms with Crippen LogP contribution < -0.4 is 0 Å². The van der Waals surface area contributed by atoms with Gasteiger partial charge in [0.05, 0.1) is 19.8 Å². The van der Waals surface area contributed by atoms with E-state index in [1.165, 1.54) is 19.3 Å². The molecule has 72 valence electrons. The monoisotopic (exact) mass is 190 g/mol. The highest BCUT2D eigenvalue weighted by molar-refractivity contribution is 7.80. The fourth-order valence-electron chi connectivity index (χ4n) is 1.04. The van der Waals surface area contributed by atoms with Crippen molar-refractivity contribution in [2.45, 2.75) is 19.3 Å². The normalized spacial score (nSPS) is 16.8. The highest BCUT2D eigenvalue weighted by Crippen LogP contribution is 2.31. The maximum atomic E-state index is 5.38. The lowest BCUT2D eigenvalue weighted by Crippen LogP contribution is -2.06. The van der Waals surface area contributed by atoms with Crippen molar-refractivity contribution in [3.63, 3.8) is 0 Å². The zero-order chi connectivity index (χ0) is 8.65. The third-order valence-electron chi connectivity index (χ3n) is 1.97. The van der Waals surface area contributed by atoms with Crippen LogP contribution in [0.5, 0.6) is 0 Å². The van der Waals surface area contributed by atoms with Gasteiger partial charge in [-0.05, 0) is 12.3 Å². The van der Waals surface area contributed by atoms with E-state index >= 15 is 0 Å². The third kappa shape index (κ3) is 5.86. The Hall–Kier alpha value is 0.270. The number of thiol groups is 1. The van der Waals surface area contributed by atoms with Crippen molar-refractivity contribution in [1.82, 2.24) is 0 Å². The summed E-state index contributed by atoms with van der Waals surface area (Å²) in [4.78, 5) is 0. The molecule has 0 saturated heterocycles. The summed E-state index contributed by atoms with van der Waals surface area (Å²) in [6, 6.07) is 0. The van der Waals surface area contributed by atoms with E-state index < -0.39 is 0 Å². The highest BCUT2D eigenvalue weighted by Gasteiger charge is 2.20. The minimum absolute atomic E-state index is 0.714. The van der Waals surface area contributed by atoms with Crippen molar-refractivity contribution in [2.75, 3.05) is 32.2 Å². The van der Waals surface area contributed by atoms with E-state index in [1.54, 1.807) is 0 Å². The van der Waals surface area contributed by atoms with E-state index in [9.17, 15) is 0 Å². The first kappa shape index (κ1) is 10.4. The summed E-state index contributed by atoms with van der Waals surface area (Å²) in [5, 5.41) is 0. The van der Waals surface area contributed by atoms with Crippen LogP contribution >= 0.6 is 12.6 Å². The SMILES string of the molecule is SCCOCCOCCC1CC1. The van der Waals surface area contributed by atoms with Crippen LogP contribution in [0.25, 0.3) is 0 Å². The van der Waals surface area contributed by atoms with Gasteiger partial charge in [0, 0.05) is 12.4 Å². The zero-order valence-corrected chi connectivity index (χ0v) is 8.39. The summed E-state index contributed by atoms with van der Waals surface area (Å²) < 4.78 is 10.6. The number of ether oxygens (including phenoxy) is 2. The van der Waals surface area contributed by atoms with Crippen molar-refractivity contribution >= 4 is 12.6 Å². The Labute approximate surface area is 80.0 Å². The van der Waals surface area contributed by atoms with Gasteiger partial charge in [-0.2, -0.15) is 12.6 Å². The van der Waals surface area contributed by atoms with Gasteiger partial charge in [0.15, 0.2) is 0 Å². The van der Waals surface area contributed by atoms with Crippen molar-refractivity contribution < 1.29 is 9.47 Å². The molecule has 0 bridgehead atoms. The molecule has 12 heavy (non-hydrogen) atoms. The smallest absolute Gasteiger partial charge is 0.0700 e. The fraction of sp³-hybridized carbons (Fsp3) is 1.00. The minimum atomic E-state index is 0.714. The van der Waals surface area contributed by atoms with Gasteiger partial charge in [-0.1, -0.05) is 12.8 Å². The maximum absolute atomic E-state index is 5.38. The minimum Gasteiger partial charge on any atom is -0.379 e. The van der Waals surface area contributed by atoms with Crippen LogP contribution in [0, 0.1) is 5.92 Å². The fourth-order valence-corrected chi connectivity index (χ4v) is 1.17. The Morgan fingerprint density at radius 3 is 2.25 bits per heavy atom. The van der Waals surface area contributed by atoms with Gasteiger partial charge in [0.2, 0.25) is 0 Å². The van der Waals surface area contributed by atoms with Crippen LogP contribution in [0.3, 0.4) is 0 Å². The van der Waals surface area contributed by atoms with E-state index in [4.69, 9.17) is 9.47 Å². The topological polar surface area (TPSA) is 18.5 Å². The summed E-state index contributed by atoms with van der Waals surface area (Å²) in [5.41, 5.74) is 0. The zero-order valence-electron chi connectivity index (χ0n) is 7.50. The molecular formula is C9H18O2S. The molecule has 0 radical (unpaired) electrons. The molecule has 0 aromatic heterocycles. The molecular weight excluding hydrogens is 172 g/mol. The summed E-state index contributed by atoms with van der Waals surface area (Å²) in [6.45, 7) is 3.09. The summed E-state index contributed by atoms with van der Waals surface area (Å²) in [7, 11) is 0. The lowest BCUT2D eigenvalue weighted by Gasteiger charge is -2.03. The molecule has 0 amide bonds. The Kier molecular flexibility index (Phi) is 5.82. The molecule has 0 heterocycles. The molecule has 2 nitrogen and oxygen atoms in total. The second-order valence-electron chi connectivity index (χ2n) is 3.18. The molecule has 1 fully saturated rings. The van der Waals surface area contributed by atoms with E-state index in [-0.39, 0.29) is 0 Å². The number of hydrogen-bond acceptors (Lipinski definition) is 3. The highest BCUT2D eigenvalue weighted by atomic mass is 32.1. The van der Waals surface area contributed by atoms with Crippen LogP contribution in [0.2, 0.25) is 0 Å². The van der Waals surface area contributed by atoms with Crippen molar-refractivity contribution in [1.29, 1.82) is 0 Å². The van der Waals surface area contributed by atoms with E-state index in [2.05, 4.69) is 12.6 Å². The molecule has 1 aliphatic rings. The Morgan fingerprint density at radius 2 is 1.67 bits per heavy atom. The molecule has 0 aromatic carbocycles. The number of hydrogen-bond donors (Lipinski definition) is 1. The average Bonchev–Trinajstić information content (AvgIpc) is 2.87. The Bertz CT molecular complexity index is 105. The van der Waals surface area contributed by atoms with Crippen molar-refractivity contribution in [3.8, 4) is 0 Å². The van der Waals surface area contributed by atoms with Crippen LogP contribution in [-0.4, -0.2) is 32.2 Å². The predicted octanol–water partition coefficient (Wildman–Crippen LogP) is 1.75. The van der Waals surface area contributed by atoms with Crippen molar-refractivity contribution in [2.24, 2.45) is 5.92 Å². The second kappa shape index (κ2) is 6.75. The molecule has 0 atom stereocenters. The molecule has 0 N–H and O–H groups in total. The molecule has 0 aliphatic heterocycles. The first-order chi connectivity index (χ1) is 5.93. The third-order valence-corrected chi connectivity index (χ3v) is 2.16. The lowest BCUT2D eigenvalue weighted by molar-refractivity contribution is 0.0515. The summed E-state index contributed by atoms with van der Waals surface area (Å²) in [6.07, 6.45) is 4.07. The largest absolute Gasteiger partial charge is 0.379 e. The second-order valence-corrected chi connectivity index (χ2v) is 3.63. The first-order valence-corrected chi connectivity index (χ1v) is 5.33. The standard InChI is InChI=1S/C9H18O2S/c12-8-7-11-6-5-10-4-3-9-1-2-9/h9,12H,1-8H2. The van der Waals surface area contributed by atoms with Gasteiger partial charge in [0.1, 0.15) is 0 Å². The van der Waals surface area contributed by atoms with Gasteiger partial charge in [0.25, 0.3) is 0 Å². The quantitative estimate of drug-likeness (QED) is 0.464. The Balaban J connectivity index is 1.65. The van der Waals surface area contributed by atoms with Gasteiger partial charge < -0.3 is 9.47 Å². The molecule has 1 rings (SSSR count). The number of rotatable bonds is 8. The van der Waals surface area contributed by atoms with Gasteiger partial charge in [-0.15, -0.1) is 0 Å². The van der Waals surface area contributed by atoms with Crippen LogP contribution in [-0.2, 0) is 9.47 Å². The summed E-state index contributed by atoms with van der Waals surface area (Å²) >= 11 is 4.03. The van der Waals surface area contributed by atoms with Crippen LogP contribution in [0.15, 0.2) is 0 Å².